The largest absolute Gasteiger partial charge is 0.338 e. The van der Waals surface area contributed by atoms with Crippen LogP contribution in [0.4, 0.5) is 4.79 Å². The highest BCUT2D eigenvalue weighted by Gasteiger charge is 2.34. The number of nitrogens with one attached hydrogen (secondary N) is 1. The van der Waals surface area contributed by atoms with E-state index in [-0.39, 0.29) is 17.9 Å². The summed E-state index contributed by atoms with van der Waals surface area (Å²) in [5, 5.41) is 7.31. The average Bonchev–Trinajstić information content (AvgIpc) is 2.97. The minimum atomic E-state index is 0.00825. The van der Waals surface area contributed by atoms with E-state index >= 15 is 0 Å². The maximum atomic E-state index is 12.5. The second-order valence-electron chi connectivity index (χ2n) is 8.19. The molecular weight excluding hydrogens is 330 g/mol. The summed E-state index contributed by atoms with van der Waals surface area (Å²) in [6.45, 7) is 9.85. The van der Waals surface area contributed by atoms with Gasteiger partial charge >= 0.3 is 6.03 Å². The van der Waals surface area contributed by atoms with Crippen molar-refractivity contribution < 1.29 is 9.59 Å². The number of urea groups is 1. The van der Waals surface area contributed by atoms with Crippen LogP contribution in [0.1, 0.15) is 44.7 Å². The standard InChI is InChI=1S/C19H31N5O2/c1-14(2)8-20-19(26)22-6-4-5-16(11-22)7-18(25)23-12-17(13-23)24-10-15(3)9-21-24/h9-10,14,16-17H,4-8,11-13H2,1-3H3,(H,20,26)/t16-/m0/s1. The van der Waals surface area contributed by atoms with Gasteiger partial charge in [0, 0.05) is 45.3 Å². The van der Waals surface area contributed by atoms with E-state index in [1.54, 1.807) is 0 Å². The third kappa shape index (κ3) is 4.56. The lowest BCUT2D eigenvalue weighted by Crippen LogP contribution is -2.52. The summed E-state index contributed by atoms with van der Waals surface area (Å²) in [5.41, 5.74) is 1.15. The summed E-state index contributed by atoms with van der Waals surface area (Å²) in [4.78, 5) is 28.6. The summed E-state index contributed by atoms with van der Waals surface area (Å²) in [6.07, 6.45) is 6.42. The molecule has 0 saturated carbocycles. The van der Waals surface area contributed by atoms with Crippen molar-refractivity contribution in [3.05, 3.63) is 18.0 Å². The second kappa shape index (κ2) is 8.10. The van der Waals surface area contributed by atoms with Gasteiger partial charge in [-0.05, 0) is 37.2 Å². The van der Waals surface area contributed by atoms with Crippen molar-refractivity contribution >= 4 is 11.9 Å². The Morgan fingerprint density at radius 1 is 1.27 bits per heavy atom. The molecule has 0 bridgehead atoms. The molecule has 0 radical (unpaired) electrons. The predicted molar refractivity (Wildman–Crippen MR) is 99.7 cm³/mol. The minimum Gasteiger partial charge on any atom is -0.338 e. The maximum Gasteiger partial charge on any atom is 0.317 e. The molecule has 144 valence electrons. The fourth-order valence-corrected chi connectivity index (χ4v) is 3.65. The number of hydrogen-bond donors (Lipinski definition) is 1. The van der Waals surface area contributed by atoms with Gasteiger partial charge in [-0.15, -0.1) is 0 Å². The van der Waals surface area contributed by atoms with Crippen molar-refractivity contribution in [1.29, 1.82) is 0 Å². The molecule has 3 amide bonds. The Labute approximate surface area is 155 Å². The highest BCUT2D eigenvalue weighted by molar-refractivity contribution is 5.78. The molecule has 2 saturated heterocycles. The Bertz CT molecular complexity index is 636. The summed E-state index contributed by atoms with van der Waals surface area (Å²) >= 11 is 0. The Hall–Kier alpha value is -2.05. The highest BCUT2D eigenvalue weighted by Crippen LogP contribution is 2.25. The third-order valence-electron chi connectivity index (χ3n) is 5.25. The molecule has 2 fully saturated rings. The van der Waals surface area contributed by atoms with Crippen LogP contribution in [0.25, 0.3) is 0 Å². The molecule has 1 atom stereocenters. The SMILES string of the molecule is Cc1cnn(C2CN(C(=O)C[C@@H]3CCCN(C(=O)NCC(C)C)C3)C2)c1. The monoisotopic (exact) mass is 361 g/mol. The minimum absolute atomic E-state index is 0.00825. The van der Waals surface area contributed by atoms with Gasteiger partial charge in [-0.3, -0.25) is 9.48 Å². The van der Waals surface area contributed by atoms with Crippen molar-refractivity contribution in [3.63, 3.8) is 0 Å². The van der Waals surface area contributed by atoms with Crippen molar-refractivity contribution in [3.8, 4) is 0 Å². The average molecular weight is 361 g/mol. The van der Waals surface area contributed by atoms with Gasteiger partial charge in [-0.2, -0.15) is 5.10 Å². The van der Waals surface area contributed by atoms with Crippen LogP contribution in [-0.4, -0.2) is 64.2 Å². The summed E-state index contributed by atoms with van der Waals surface area (Å²) < 4.78 is 1.96. The molecule has 0 unspecified atom stereocenters. The molecule has 1 aromatic heterocycles. The number of piperidine rings is 1. The van der Waals surface area contributed by atoms with E-state index < -0.39 is 0 Å². The summed E-state index contributed by atoms with van der Waals surface area (Å²) in [6, 6.07) is 0.311. The fraction of sp³-hybridized carbons (Fsp3) is 0.737. The third-order valence-corrected chi connectivity index (χ3v) is 5.25. The number of aromatic nitrogens is 2. The smallest absolute Gasteiger partial charge is 0.317 e. The van der Waals surface area contributed by atoms with Gasteiger partial charge in [0.1, 0.15) is 0 Å². The molecule has 7 heteroatoms. The molecule has 0 spiro atoms. The van der Waals surface area contributed by atoms with Crippen LogP contribution in [0.15, 0.2) is 12.4 Å². The van der Waals surface area contributed by atoms with Crippen LogP contribution in [0, 0.1) is 18.8 Å². The van der Waals surface area contributed by atoms with Crippen LogP contribution in [0.5, 0.6) is 0 Å². The van der Waals surface area contributed by atoms with Crippen molar-refractivity contribution in [2.45, 2.75) is 46.1 Å². The van der Waals surface area contributed by atoms with E-state index in [1.807, 2.05) is 33.8 Å². The number of carbonyl (C=O) groups excluding carboxylic acids is 2. The van der Waals surface area contributed by atoms with Crippen LogP contribution >= 0.6 is 0 Å². The molecule has 0 aliphatic carbocycles. The first-order valence-corrected chi connectivity index (χ1v) is 9.73. The quantitative estimate of drug-likeness (QED) is 0.872. The number of hydrogen-bond acceptors (Lipinski definition) is 3. The molecule has 1 aromatic rings. The lowest BCUT2D eigenvalue weighted by Gasteiger charge is -2.40. The Balaban J connectivity index is 1.42. The van der Waals surface area contributed by atoms with E-state index in [0.29, 0.717) is 31.5 Å². The molecule has 1 N–H and O–H groups in total. The van der Waals surface area contributed by atoms with Gasteiger partial charge in [0.15, 0.2) is 0 Å². The van der Waals surface area contributed by atoms with Crippen molar-refractivity contribution in [1.82, 2.24) is 24.9 Å². The number of nitrogens with zero attached hydrogens (tertiary/aromatic N) is 4. The fourth-order valence-electron chi connectivity index (χ4n) is 3.65. The maximum absolute atomic E-state index is 12.5. The molecule has 3 rings (SSSR count). The van der Waals surface area contributed by atoms with Crippen LogP contribution < -0.4 is 5.32 Å². The molecule has 7 nitrogen and oxygen atoms in total. The number of likely N-dealkylation sites (tertiary alicyclic amines) is 2. The van der Waals surface area contributed by atoms with E-state index in [0.717, 1.165) is 38.0 Å². The van der Waals surface area contributed by atoms with Crippen LogP contribution in [0.3, 0.4) is 0 Å². The number of amides is 3. The van der Waals surface area contributed by atoms with Gasteiger partial charge in [-0.25, -0.2) is 4.79 Å². The molecule has 26 heavy (non-hydrogen) atoms. The Morgan fingerprint density at radius 3 is 2.69 bits per heavy atom. The van der Waals surface area contributed by atoms with Crippen LogP contribution in [-0.2, 0) is 4.79 Å². The first-order chi connectivity index (χ1) is 12.4. The summed E-state index contributed by atoms with van der Waals surface area (Å²) in [5.74, 6) is 0.922. The zero-order valence-corrected chi connectivity index (χ0v) is 16.1. The number of carbonyl (C=O) groups is 2. The highest BCUT2D eigenvalue weighted by atomic mass is 16.2. The lowest BCUT2D eigenvalue weighted by molar-refractivity contribution is -0.138. The van der Waals surface area contributed by atoms with Crippen LogP contribution in [0.2, 0.25) is 0 Å². The Kier molecular flexibility index (Phi) is 5.84. The Morgan fingerprint density at radius 2 is 2.04 bits per heavy atom. The van der Waals surface area contributed by atoms with Crippen molar-refractivity contribution in [2.24, 2.45) is 11.8 Å². The first kappa shape index (κ1) is 18.7. The number of aryl methyl sites for hydroxylation is 1. The first-order valence-electron chi connectivity index (χ1n) is 9.73. The normalized spacial score (nSPS) is 21.0. The van der Waals surface area contributed by atoms with E-state index in [1.165, 1.54) is 0 Å². The zero-order chi connectivity index (χ0) is 18.7. The molecule has 2 aliphatic heterocycles. The van der Waals surface area contributed by atoms with Gasteiger partial charge in [0.05, 0.1) is 12.2 Å². The predicted octanol–water partition coefficient (Wildman–Crippen LogP) is 2.04. The molecular formula is C19H31N5O2. The van der Waals surface area contributed by atoms with E-state index in [2.05, 4.69) is 24.3 Å². The zero-order valence-electron chi connectivity index (χ0n) is 16.1. The van der Waals surface area contributed by atoms with Gasteiger partial charge < -0.3 is 15.1 Å². The lowest BCUT2D eigenvalue weighted by atomic mass is 9.93. The number of rotatable bonds is 5. The molecule has 0 aromatic carbocycles. The topological polar surface area (TPSA) is 70.5 Å². The second-order valence-corrected chi connectivity index (χ2v) is 8.19. The van der Waals surface area contributed by atoms with Gasteiger partial charge in [0.2, 0.25) is 5.91 Å². The molecule has 3 heterocycles. The van der Waals surface area contributed by atoms with E-state index in [4.69, 9.17) is 0 Å². The van der Waals surface area contributed by atoms with E-state index in [9.17, 15) is 9.59 Å². The molecule has 2 aliphatic rings. The summed E-state index contributed by atoms with van der Waals surface area (Å²) in [7, 11) is 0. The van der Waals surface area contributed by atoms with Gasteiger partial charge in [0.25, 0.3) is 0 Å². The van der Waals surface area contributed by atoms with Crippen molar-refractivity contribution in [2.75, 3.05) is 32.7 Å². The van der Waals surface area contributed by atoms with Gasteiger partial charge in [-0.1, -0.05) is 13.8 Å².